The van der Waals surface area contributed by atoms with Crippen LogP contribution in [0.3, 0.4) is 0 Å². The largest absolute Gasteiger partial charge is 0.481 e. The lowest BCUT2D eigenvalue weighted by molar-refractivity contribution is -0.154. The van der Waals surface area contributed by atoms with Crippen molar-refractivity contribution in [3.8, 4) is 0 Å². The summed E-state index contributed by atoms with van der Waals surface area (Å²) in [5, 5.41) is 10.8. The number of hydrogen-bond donors (Lipinski definition) is 2. The molecule has 0 radical (unpaired) electrons. The maximum Gasteiger partial charge on any atom is 0.310 e. The first-order valence-corrected chi connectivity index (χ1v) is 5.66. The smallest absolute Gasteiger partial charge is 0.310 e. The van der Waals surface area contributed by atoms with Gasteiger partial charge < -0.3 is 5.11 Å². The Bertz CT molecular complexity index is 270. The van der Waals surface area contributed by atoms with Crippen LogP contribution >= 0.6 is 0 Å². The molecule has 5 nitrogen and oxygen atoms in total. The number of hydrazine groups is 1. The van der Waals surface area contributed by atoms with Crippen molar-refractivity contribution in [3.05, 3.63) is 0 Å². The molecular formula is C11H20N2O3. The average Bonchev–Trinajstić information content (AvgIpc) is 2.17. The van der Waals surface area contributed by atoms with E-state index in [1.165, 1.54) is 0 Å². The van der Waals surface area contributed by atoms with E-state index in [1.54, 1.807) is 19.1 Å². The summed E-state index contributed by atoms with van der Waals surface area (Å²) in [4.78, 5) is 22.9. The van der Waals surface area contributed by atoms with Crippen LogP contribution in [0.15, 0.2) is 0 Å². The van der Waals surface area contributed by atoms with Crippen LogP contribution in [0.25, 0.3) is 0 Å². The number of aliphatic carboxylic acids is 1. The lowest BCUT2D eigenvalue weighted by atomic mass is 9.72. The van der Waals surface area contributed by atoms with Gasteiger partial charge in [-0.3, -0.25) is 15.0 Å². The molecular weight excluding hydrogens is 208 g/mol. The minimum atomic E-state index is -0.835. The van der Waals surface area contributed by atoms with Gasteiger partial charge in [-0.15, -0.1) is 0 Å². The third-order valence-electron chi connectivity index (χ3n) is 3.11. The summed E-state index contributed by atoms with van der Waals surface area (Å²) in [6, 6.07) is 0. The van der Waals surface area contributed by atoms with Gasteiger partial charge in [-0.25, -0.2) is 5.01 Å². The molecule has 1 aliphatic carbocycles. The lowest BCUT2D eigenvalue weighted by Gasteiger charge is -2.32. The molecule has 5 heteroatoms. The van der Waals surface area contributed by atoms with E-state index < -0.39 is 11.4 Å². The minimum absolute atomic E-state index is 0.0838. The van der Waals surface area contributed by atoms with Crippen LogP contribution in [0.5, 0.6) is 0 Å². The number of rotatable bonds is 4. The molecule has 1 saturated carbocycles. The highest BCUT2D eigenvalue weighted by atomic mass is 16.4. The molecule has 92 valence electrons. The van der Waals surface area contributed by atoms with Gasteiger partial charge in [0.2, 0.25) is 5.91 Å². The van der Waals surface area contributed by atoms with Crippen molar-refractivity contribution in [1.82, 2.24) is 10.4 Å². The van der Waals surface area contributed by atoms with Gasteiger partial charge in [0.15, 0.2) is 0 Å². The summed E-state index contributed by atoms with van der Waals surface area (Å²) in [7, 11) is 3.43. The van der Waals surface area contributed by atoms with E-state index in [9.17, 15) is 14.7 Å². The molecule has 0 bridgehead atoms. The molecule has 0 saturated heterocycles. The van der Waals surface area contributed by atoms with Crippen molar-refractivity contribution >= 4 is 11.9 Å². The zero-order chi connectivity index (χ0) is 12.2. The van der Waals surface area contributed by atoms with Gasteiger partial charge in [0.1, 0.15) is 0 Å². The second-order valence-corrected chi connectivity index (χ2v) is 4.75. The Morgan fingerprint density at radius 3 is 2.25 bits per heavy atom. The summed E-state index contributed by atoms with van der Waals surface area (Å²) in [5.41, 5.74) is 1.77. The number of nitrogens with one attached hydrogen (secondary N) is 1. The second-order valence-electron chi connectivity index (χ2n) is 4.75. The van der Waals surface area contributed by atoms with Gasteiger partial charge in [0.25, 0.3) is 0 Å². The molecule has 0 spiro atoms. The summed E-state index contributed by atoms with van der Waals surface area (Å²) < 4.78 is 0. The lowest BCUT2D eigenvalue weighted by Crippen LogP contribution is -2.43. The topological polar surface area (TPSA) is 69.6 Å². The van der Waals surface area contributed by atoms with E-state index in [0.717, 1.165) is 19.3 Å². The fraction of sp³-hybridized carbons (Fsp3) is 0.818. The molecule has 1 fully saturated rings. The van der Waals surface area contributed by atoms with Crippen LogP contribution in [0.4, 0.5) is 0 Å². The van der Waals surface area contributed by atoms with Gasteiger partial charge in [-0.05, 0) is 12.8 Å². The number of amides is 1. The maximum atomic E-state index is 11.6. The quantitative estimate of drug-likeness (QED) is 0.704. The van der Waals surface area contributed by atoms with Crippen LogP contribution in [0.1, 0.15) is 38.5 Å². The van der Waals surface area contributed by atoms with Crippen molar-refractivity contribution in [2.45, 2.75) is 38.5 Å². The van der Waals surface area contributed by atoms with Gasteiger partial charge >= 0.3 is 5.97 Å². The first kappa shape index (κ1) is 13.0. The number of carbonyl (C=O) groups excluding carboxylic acids is 1. The zero-order valence-electron chi connectivity index (χ0n) is 9.95. The third kappa shape index (κ3) is 3.20. The van der Waals surface area contributed by atoms with Crippen LogP contribution in [0, 0.1) is 5.41 Å². The Balaban J connectivity index is 2.64. The summed E-state index contributed by atoms with van der Waals surface area (Å²) in [5.74, 6) is -1.05. The van der Waals surface area contributed by atoms with Gasteiger partial charge in [0, 0.05) is 20.5 Å². The van der Waals surface area contributed by atoms with Crippen molar-refractivity contribution in [2.24, 2.45) is 5.41 Å². The Hall–Kier alpha value is -1.10. The van der Waals surface area contributed by atoms with E-state index in [0.29, 0.717) is 12.8 Å². The molecule has 1 rings (SSSR count). The monoisotopic (exact) mass is 228 g/mol. The first-order chi connectivity index (χ1) is 7.46. The van der Waals surface area contributed by atoms with Crippen molar-refractivity contribution in [1.29, 1.82) is 0 Å². The normalized spacial score (nSPS) is 19.4. The highest BCUT2D eigenvalue weighted by Gasteiger charge is 2.41. The average molecular weight is 228 g/mol. The standard InChI is InChI=1S/C11H20N2O3/c1-13(2)12-9(14)8-11(10(15)16)6-4-3-5-7-11/h3-8H2,1-2H3,(H,12,14)(H,15,16). The second kappa shape index (κ2) is 5.30. The zero-order valence-corrected chi connectivity index (χ0v) is 9.95. The van der Waals surface area contributed by atoms with E-state index >= 15 is 0 Å². The van der Waals surface area contributed by atoms with Crippen molar-refractivity contribution in [2.75, 3.05) is 14.1 Å². The number of carboxylic acid groups (broad SMARTS) is 1. The van der Waals surface area contributed by atoms with Gasteiger partial charge in [-0.2, -0.15) is 0 Å². The summed E-state index contributed by atoms with van der Waals surface area (Å²) >= 11 is 0. The van der Waals surface area contributed by atoms with E-state index in [1.807, 2.05) is 0 Å². The molecule has 0 aromatic carbocycles. The summed E-state index contributed by atoms with van der Waals surface area (Å²) in [6.45, 7) is 0. The number of carboxylic acids is 1. The third-order valence-corrected chi connectivity index (χ3v) is 3.11. The number of hydrogen-bond acceptors (Lipinski definition) is 3. The van der Waals surface area contributed by atoms with E-state index in [4.69, 9.17) is 0 Å². The number of carbonyl (C=O) groups is 2. The Labute approximate surface area is 95.8 Å². The van der Waals surface area contributed by atoms with Crippen LogP contribution in [-0.2, 0) is 9.59 Å². The fourth-order valence-electron chi connectivity index (χ4n) is 2.29. The Morgan fingerprint density at radius 1 is 1.25 bits per heavy atom. The molecule has 0 aromatic rings. The van der Waals surface area contributed by atoms with Crippen LogP contribution in [0.2, 0.25) is 0 Å². The Morgan fingerprint density at radius 2 is 1.81 bits per heavy atom. The van der Waals surface area contributed by atoms with Gasteiger partial charge in [-0.1, -0.05) is 19.3 Å². The Kier molecular flexibility index (Phi) is 4.29. The van der Waals surface area contributed by atoms with E-state index in [2.05, 4.69) is 5.43 Å². The molecule has 0 aromatic heterocycles. The fourth-order valence-corrected chi connectivity index (χ4v) is 2.29. The molecule has 0 aliphatic heterocycles. The first-order valence-electron chi connectivity index (χ1n) is 5.66. The van der Waals surface area contributed by atoms with Crippen LogP contribution in [-0.4, -0.2) is 36.1 Å². The molecule has 2 N–H and O–H groups in total. The molecule has 1 amide bonds. The minimum Gasteiger partial charge on any atom is -0.481 e. The molecule has 0 heterocycles. The van der Waals surface area contributed by atoms with E-state index in [-0.39, 0.29) is 12.3 Å². The molecule has 1 aliphatic rings. The summed E-state index contributed by atoms with van der Waals surface area (Å²) in [6.07, 6.45) is 4.19. The van der Waals surface area contributed by atoms with Crippen molar-refractivity contribution < 1.29 is 14.7 Å². The molecule has 16 heavy (non-hydrogen) atoms. The predicted molar refractivity (Wildman–Crippen MR) is 59.6 cm³/mol. The number of nitrogens with zero attached hydrogens (tertiary/aromatic N) is 1. The SMILES string of the molecule is CN(C)NC(=O)CC1(C(=O)O)CCCCC1. The predicted octanol–water partition coefficient (Wildman–Crippen LogP) is 1.00. The van der Waals surface area contributed by atoms with Gasteiger partial charge in [0.05, 0.1) is 5.41 Å². The van der Waals surface area contributed by atoms with Crippen LogP contribution < -0.4 is 5.43 Å². The molecule has 0 atom stereocenters. The maximum absolute atomic E-state index is 11.6. The highest BCUT2D eigenvalue weighted by molar-refractivity contribution is 5.84. The van der Waals surface area contributed by atoms with Crippen molar-refractivity contribution in [3.63, 3.8) is 0 Å². The highest BCUT2D eigenvalue weighted by Crippen LogP contribution is 2.39. The molecule has 0 unspecified atom stereocenters.